The summed E-state index contributed by atoms with van der Waals surface area (Å²) >= 11 is 0. The fourth-order valence-corrected chi connectivity index (χ4v) is 5.10. The molecule has 13 heteroatoms. The van der Waals surface area contributed by atoms with Crippen LogP contribution in [0.15, 0.2) is 84.9 Å². The molecule has 1 N–H and O–H groups in total. The number of fused-ring (bicyclic) bond motifs is 2. The van der Waals surface area contributed by atoms with E-state index in [4.69, 9.17) is 9.47 Å². The molecule has 0 unspecified atom stereocenters. The topological polar surface area (TPSA) is 56.3 Å². The highest BCUT2D eigenvalue weighted by Gasteiger charge is 2.32. The number of rotatable bonds is 6. The third-order valence-corrected chi connectivity index (χ3v) is 7.45. The van der Waals surface area contributed by atoms with E-state index in [1.54, 1.807) is 0 Å². The molecule has 2 aromatic heterocycles. The summed E-state index contributed by atoms with van der Waals surface area (Å²) in [7, 11) is 2.68. The fourth-order valence-electron chi connectivity index (χ4n) is 5.10. The summed E-state index contributed by atoms with van der Waals surface area (Å²) in [6, 6.07) is 16.2. The average molecular weight is 656 g/mol. The van der Waals surface area contributed by atoms with Gasteiger partial charge in [0.1, 0.15) is 23.1 Å². The monoisotopic (exact) mass is 655 g/mol. The standard InChI is InChI=1S/C34H21F8N3O2/c1-46-19-5-9-21(25(35)13-19)29-15-31(23-7-3-17(33(37,38)39)11-27(23)43-29)45-32-16-30(22-10-6-20(47-2)14-26(22)36)44-28-12-18(34(40,41)42)4-8-24(28)32/h3-16H,1-2H3,(H,43,44,45). The molecule has 2 heterocycles. The fraction of sp³-hybridized carbons (Fsp3) is 0.118. The Bertz CT molecular complexity index is 2010. The van der Waals surface area contributed by atoms with E-state index >= 15 is 8.78 Å². The minimum absolute atomic E-state index is 0.0429. The van der Waals surface area contributed by atoms with Gasteiger partial charge in [0.15, 0.2) is 0 Å². The second-order valence-electron chi connectivity index (χ2n) is 10.4. The van der Waals surface area contributed by atoms with Crippen molar-refractivity contribution in [1.82, 2.24) is 9.97 Å². The summed E-state index contributed by atoms with van der Waals surface area (Å²) in [5.74, 6) is -1.13. The van der Waals surface area contributed by atoms with Crippen LogP contribution in [0.25, 0.3) is 44.3 Å². The van der Waals surface area contributed by atoms with E-state index in [0.29, 0.717) is 0 Å². The number of ether oxygens (including phenoxy) is 2. The van der Waals surface area contributed by atoms with Gasteiger partial charge in [-0.1, -0.05) is 12.1 Å². The largest absolute Gasteiger partial charge is 0.497 e. The molecule has 0 saturated heterocycles. The second kappa shape index (κ2) is 11.7. The molecule has 240 valence electrons. The zero-order valence-electron chi connectivity index (χ0n) is 24.3. The smallest absolute Gasteiger partial charge is 0.416 e. The van der Waals surface area contributed by atoms with Gasteiger partial charge in [-0.2, -0.15) is 26.3 Å². The minimum atomic E-state index is -4.71. The van der Waals surface area contributed by atoms with Gasteiger partial charge in [0.2, 0.25) is 0 Å². The highest BCUT2D eigenvalue weighted by atomic mass is 19.4. The lowest BCUT2D eigenvalue weighted by molar-refractivity contribution is -0.138. The number of aromatic nitrogens is 2. The van der Waals surface area contributed by atoms with Gasteiger partial charge in [0.25, 0.3) is 0 Å². The van der Waals surface area contributed by atoms with Crippen molar-refractivity contribution >= 4 is 33.2 Å². The first-order valence-corrected chi connectivity index (χ1v) is 13.7. The third-order valence-electron chi connectivity index (χ3n) is 7.45. The lowest BCUT2D eigenvalue weighted by Crippen LogP contribution is -2.06. The first-order valence-electron chi connectivity index (χ1n) is 13.7. The summed E-state index contributed by atoms with van der Waals surface area (Å²) in [5.41, 5.74) is -2.19. The normalized spacial score (nSPS) is 12.0. The van der Waals surface area contributed by atoms with Crippen LogP contribution in [0.4, 0.5) is 46.5 Å². The van der Waals surface area contributed by atoms with Crippen molar-refractivity contribution in [2.24, 2.45) is 0 Å². The first kappa shape index (κ1) is 31.5. The Balaban J connectivity index is 1.59. The van der Waals surface area contributed by atoms with E-state index in [2.05, 4.69) is 15.3 Å². The summed E-state index contributed by atoms with van der Waals surface area (Å²) in [4.78, 5) is 8.63. The van der Waals surface area contributed by atoms with Crippen LogP contribution >= 0.6 is 0 Å². The number of methoxy groups -OCH3 is 2. The molecule has 0 aliphatic carbocycles. The lowest BCUT2D eigenvalue weighted by Gasteiger charge is -2.17. The highest BCUT2D eigenvalue weighted by molar-refractivity contribution is 6.01. The van der Waals surface area contributed by atoms with E-state index in [-0.39, 0.29) is 67.2 Å². The van der Waals surface area contributed by atoms with Crippen LogP contribution in [0.3, 0.4) is 0 Å². The molecule has 0 spiro atoms. The maximum absolute atomic E-state index is 15.2. The summed E-state index contributed by atoms with van der Waals surface area (Å²) in [6.45, 7) is 0. The van der Waals surface area contributed by atoms with Crippen molar-refractivity contribution in [1.29, 1.82) is 0 Å². The number of hydrogen-bond acceptors (Lipinski definition) is 5. The van der Waals surface area contributed by atoms with Gasteiger partial charge in [0, 0.05) is 34.0 Å². The molecule has 0 fully saturated rings. The van der Waals surface area contributed by atoms with Crippen LogP contribution < -0.4 is 14.8 Å². The maximum atomic E-state index is 15.2. The number of alkyl halides is 6. The highest BCUT2D eigenvalue weighted by Crippen LogP contribution is 2.40. The first-order chi connectivity index (χ1) is 22.2. The van der Waals surface area contributed by atoms with E-state index < -0.39 is 35.1 Å². The lowest BCUT2D eigenvalue weighted by atomic mass is 10.0. The molecule has 6 rings (SSSR count). The van der Waals surface area contributed by atoms with Crippen LogP contribution in [-0.2, 0) is 12.4 Å². The van der Waals surface area contributed by atoms with Crippen LogP contribution in [0, 0.1) is 11.6 Å². The predicted molar refractivity (Wildman–Crippen MR) is 161 cm³/mol. The average Bonchev–Trinajstić information content (AvgIpc) is 3.03. The van der Waals surface area contributed by atoms with E-state index in [1.807, 2.05) is 0 Å². The number of anilines is 2. The number of hydrogen-bond donors (Lipinski definition) is 1. The Morgan fingerprint density at radius 2 is 0.936 bits per heavy atom. The van der Waals surface area contributed by atoms with E-state index in [9.17, 15) is 26.3 Å². The molecule has 0 amide bonds. The summed E-state index contributed by atoms with van der Waals surface area (Å²) in [6.07, 6.45) is -9.42. The van der Waals surface area contributed by atoms with Crippen molar-refractivity contribution in [3.8, 4) is 34.0 Å². The Hall–Kier alpha value is -5.46. The van der Waals surface area contributed by atoms with Crippen molar-refractivity contribution in [2.75, 3.05) is 19.5 Å². The van der Waals surface area contributed by atoms with Crippen LogP contribution in [-0.4, -0.2) is 24.2 Å². The molecular weight excluding hydrogens is 634 g/mol. The molecule has 0 aliphatic heterocycles. The number of pyridine rings is 2. The third kappa shape index (κ3) is 6.20. The van der Waals surface area contributed by atoms with Gasteiger partial charge in [0.05, 0.1) is 59.1 Å². The summed E-state index contributed by atoms with van der Waals surface area (Å²) < 4.78 is 122. The van der Waals surface area contributed by atoms with Crippen molar-refractivity contribution in [2.45, 2.75) is 12.4 Å². The van der Waals surface area contributed by atoms with Crippen LogP contribution in [0.2, 0.25) is 0 Å². The molecule has 0 saturated carbocycles. The Kier molecular flexibility index (Phi) is 7.86. The van der Waals surface area contributed by atoms with Crippen LogP contribution in [0.1, 0.15) is 11.1 Å². The van der Waals surface area contributed by atoms with E-state index in [0.717, 1.165) is 36.4 Å². The van der Waals surface area contributed by atoms with Gasteiger partial charge in [-0.25, -0.2) is 18.7 Å². The molecule has 5 nitrogen and oxygen atoms in total. The molecule has 0 aliphatic rings. The molecule has 6 aromatic rings. The molecule has 4 aromatic carbocycles. The van der Waals surface area contributed by atoms with Crippen molar-refractivity contribution in [3.05, 3.63) is 108 Å². The van der Waals surface area contributed by atoms with Gasteiger partial charge in [-0.3, -0.25) is 0 Å². The summed E-state index contributed by atoms with van der Waals surface area (Å²) in [5, 5.41) is 3.44. The van der Waals surface area contributed by atoms with E-state index in [1.165, 1.54) is 62.8 Å². The number of halogens is 8. The van der Waals surface area contributed by atoms with Crippen LogP contribution in [0.5, 0.6) is 11.5 Å². The zero-order chi connectivity index (χ0) is 33.7. The van der Waals surface area contributed by atoms with Crippen molar-refractivity contribution in [3.63, 3.8) is 0 Å². The minimum Gasteiger partial charge on any atom is -0.497 e. The molecule has 0 atom stereocenters. The van der Waals surface area contributed by atoms with Gasteiger partial charge in [-0.05, 0) is 60.7 Å². The number of nitrogens with zero attached hydrogens (tertiary/aromatic N) is 2. The molecule has 47 heavy (non-hydrogen) atoms. The zero-order valence-corrected chi connectivity index (χ0v) is 24.3. The number of nitrogens with one attached hydrogen (secondary N) is 1. The Morgan fingerprint density at radius 3 is 1.28 bits per heavy atom. The number of benzene rings is 4. The van der Waals surface area contributed by atoms with Gasteiger partial charge < -0.3 is 14.8 Å². The second-order valence-corrected chi connectivity index (χ2v) is 10.4. The molecule has 0 radical (unpaired) electrons. The Morgan fingerprint density at radius 1 is 0.532 bits per heavy atom. The molecule has 0 bridgehead atoms. The maximum Gasteiger partial charge on any atom is 0.416 e. The predicted octanol–water partition coefficient (Wildman–Crippen LogP) is 10.2. The quantitative estimate of drug-likeness (QED) is 0.181. The Labute approximate surface area is 261 Å². The van der Waals surface area contributed by atoms with Gasteiger partial charge >= 0.3 is 12.4 Å². The van der Waals surface area contributed by atoms with Gasteiger partial charge in [-0.15, -0.1) is 0 Å². The molecular formula is C34H21F8N3O2. The van der Waals surface area contributed by atoms with Crippen molar-refractivity contribution < 1.29 is 44.6 Å². The SMILES string of the molecule is COc1ccc(-c2cc(Nc3cc(-c4ccc(OC)cc4F)nc4cc(C(F)(F)F)ccc34)c3ccc(C(F)(F)F)cc3n2)c(F)c1.